The van der Waals surface area contributed by atoms with Gasteiger partial charge in [-0.05, 0) is 5.56 Å². The first-order valence-electron chi connectivity index (χ1n) is 4.84. The number of carbonyl (C=O) groups excluding carboxylic acids is 2. The molecule has 0 radical (unpaired) electrons. The molecule has 0 aliphatic heterocycles. The van der Waals surface area contributed by atoms with Gasteiger partial charge < -0.3 is 4.74 Å². The summed E-state index contributed by atoms with van der Waals surface area (Å²) in [7, 11) is 0. The fraction of sp³-hybridized carbons (Fsp3) is 0.333. The van der Waals surface area contributed by atoms with Gasteiger partial charge >= 0.3 is 0 Å². The van der Waals surface area contributed by atoms with Crippen molar-refractivity contribution in [1.29, 1.82) is 0 Å². The number of hydrogen-bond donors (Lipinski definition) is 0. The van der Waals surface area contributed by atoms with Gasteiger partial charge in [-0.1, -0.05) is 37.3 Å². The Balaban J connectivity index is 2.28. The maximum Gasteiger partial charge on any atom is 0.200 e. The van der Waals surface area contributed by atoms with Crippen LogP contribution in [0.3, 0.4) is 0 Å². The molecule has 0 fully saturated rings. The highest BCUT2D eigenvalue weighted by molar-refractivity contribution is 6.25. The SMILES string of the molecule is CC(COCc1ccccc1)C(=O)C=O. The van der Waals surface area contributed by atoms with Gasteiger partial charge in [0.05, 0.1) is 13.2 Å². The van der Waals surface area contributed by atoms with Crippen molar-refractivity contribution >= 4 is 12.1 Å². The number of carbonyl (C=O) groups is 2. The molecule has 3 nitrogen and oxygen atoms in total. The highest BCUT2D eigenvalue weighted by atomic mass is 16.5. The van der Waals surface area contributed by atoms with Gasteiger partial charge in [-0.15, -0.1) is 0 Å². The van der Waals surface area contributed by atoms with E-state index in [0.717, 1.165) is 5.56 Å². The molecule has 0 aliphatic rings. The number of rotatable bonds is 6. The van der Waals surface area contributed by atoms with E-state index in [1.54, 1.807) is 6.92 Å². The summed E-state index contributed by atoms with van der Waals surface area (Å²) >= 11 is 0. The van der Waals surface area contributed by atoms with Crippen molar-refractivity contribution in [2.45, 2.75) is 13.5 Å². The molecule has 0 heterocycles. The van der Waals surface area contributed by atoms with E-state index >= 15 is 0 Å². The molecule has 1 unspecified atom stereocenters. The minimum atomic E-state index is -0.414. The number of ketones is 1. The van der Waals surface area contributed by atoms with Crippen molar-refractivity contribution in [2.24, 2.45) is 5.92 Å². The predicted molar refractivity (Wildman–Crippen MR) is 56.3 cm³/mol. The summed E-state index contributed by atoms with van der Waals surface area (Å²) in [6, 6.07) is 9.69. The normalized spacial score (nSPS) is 12.1. The molecular formula is C12H14O3. The zero-order valence-corrected chi connectivity index (χ0v) is 8.68. The Morgan fingerprint density at radius 2 is 2.07 bits per heavy atom. The first-order valence-corrected chi connectivity index (χ1v) is 4.84. The molecule has 80 valence electrons. The van der Waals surface area contributed by atoms with Gasteiger partial charge in [0.15, 0.2) is 12.1 Å². The average Bonchev–Trinajstić information content (AvgIpc) is 2.29. The lowest BCUT2D eigenvalue weighted by Crippen LogP contribution is -2.17. The van der Waals surface area contributed by atoms with Crippen LogP contribution in [0.1, 0.15) is 12.5 Å². The van der Waals surface area contributed by atoms with E-state index < -0.39 is 5.78 Å². The summed E-state index contributed by atoms with van der Waals surface area (Å²) in [6.45, 7) is 2.44. The fourth-order valence-corrected chi connectivity index (χ4v) is 1.13. The Kier molecular flexibility index (Phi) is 4.71. The van der Waals surface area contributed by atoms with Crippen LogP contribution in [0.4, 0.5) is 0 Å². The summed E-state index contributed by atoms with van der Waals surface area (Å²) in [6.07, 6.45) is 0.344. The highest BCUT2D eigenvalue weighted by Crippen LogP contribution is 2.03. The standard InChI is InChI=1S/C12H14O3/c1-10(12(14)7-13)8-15-9-11-5-3-2-4-6-11/h2-7,10H,8-9H2,1H3. The Morgan fingerprint density at radius 1 is 1.40 bits per heavy atom. The van der Waals surface area contributed by atoms with E-state index in [4.69, 9.17) is 4.74 Å². The molecule has 0 spiro atoms. The van der Waals surface area contributed by atoms with Crippen LogP contribution in [0.25, 0.3) is 0 Å². The third-order valence-electron chi connectivity index (χ3n) is 2.08. The van der Waals surface area contributed by atoms with Gasteiger partial charge in [0.1, 0.15) is 0 Å². The number of ether oxygens (including phenoxy) is 1. The average molecular weight is 206 g/mol. The quantitative estimate of drug-likeness (QED) is 0.524. The minimum Gasteiger partial charge on any atom is -0.376 e. The van der Waals surface area contributed by atoms with Crippen LogP contribution in [0, 0.1) is 5.92 Å². The van der Waals surface area contributed by atoms with Crippen LogP contribution in [0.2, 0.25) is 0 Å². The van der Waals surface area contributed by atoms with Crippen LogP contribution >= 0.6 is 0 Å². The smallest absolute Gasteiger partial charge is 0.200 e. The lowest BCUT2D eigenvalue weighted by molar-refractivity contribution is -0.133. The van der Waals surface area contributed by atoms with E-state index in [1.165, 1.54) is 0 Å². The minimum absolute atomic E-state index is 0.284. The molecule has 0 N–H and O–H groups in total. The molecule has 1 atom stereocenters. The monoisotopic (exact) mass is 206 g/mol. The van der Waals surface area contributed by atoms with Crippen molar-refractivity contribution in [2.75, 3.05) is 6.61 Å². The van der Waals surface area contributed by atoms with Crippen LogP contribution < -0.4 is 0 Å². The Morgan fingerprint density at radius 3 is 2.67 bits per heavy atom. The molecule has 1 aromatic carbocycles. The highest BCUT2D eigenvalue weighted by Gasteiger charge is 2.11. The zero-order chi connectivity index (χ0) is 11.1. The number of aldehydes is 1. The topological polar surface area (TPSA) is 43.4 Å². The Labute approximate surface area is 89.1 Å². The molecule has 3 heteroatoms. The second-order valence-corrected chi connectivity index (χ2v) is 3.42. The van der Waals surface area contributed by atoms with Gasteiger partial charge in [0.25, 0.3) is 0 Å². The van der Waals surface area contributed by atoms with Crippen LogP contribution in [0.15, 0.2) is 30.3 Å². The van der Waals surface area contributed by atoms with Crippen molar-refractivity contribution in [3.05, 3.63) is 35.9 Å². The fourth-order valence-electron chi connectivity index (χ4n) is 1.13. The molecule has 1 aromatic rings. The van der Waals surface area contributed by atoms with Gasteiger partial charge in [-0.3, -0.25) is 9.59 Å². The summed E-state index contributed by atoms with van der Waals surface area (Å²) in [5.41, 5.74) is 1.06. The van der Waals surface area contributed by atoms with Crippen LogP contribution in [-0.4, -0.2) is 18.7 Å². The molecule has 0 saturated heterocycles. The van der Waals surface area contributed by atoms with Gasteiger partial charge in [0, 0.05) is 5.92 Å². The second kappa shape index (κ2) is 6.09. The lowest BCUT2D eigenvalue weighted by Gasteiger charge is -2.07. The van der Waals surface area contributed by atoms with Crippen LogP contribution in [-0.2, 0) is 20.9 Å². The molecular weight excluding hydrogens is 192 g/mol. The third kappa shape index (κ3) is 4.04. The van der Waals surface area contributed by atoms with E-state index in [-0.39, 0.29) is 12.5 Å². The number of Topliss-reactive ketones (excluding diaryl/α,β-unsaturated/α-hetero) is 1. The largest absolute Gasteiger partial charge is 0.376 e. The van der Waals surface area contributed by atoms with E-state index in [1.807, 2.05) is 30.3 Å². The molecule has 15 heavy (non-hydrogen) atoms. The molecule has 0 amide bonds. The summed E-state index contributed by atoms with van der Waals surface area (Å²) in [5.74, 6) is -0.769. The Bertz CT molecular complexity index is 319. The Hall–Kier alpha value is -1.48. The second-order valence-electron chi connectivity index (χ2n) is 3.42. The summed E-state index contributed by atoms with van der Waals surface area (Å²) in [5, 5.41) is 0. The molecule has 0 saturated carbocycles. The first-order chi connectivity index (χ1) is 7.24. The zero-order valence-electron chi connectivity index (χ0n) is 8.68. The van der Waals surface area contributed by atoms with Crippen molar-refractivity contribution in [1.82, 2.24) is 0 Å². The van der Waals surface area contributed by atoms with Gasteiger partial charge in [-0.25, -0.2) is 0 Å². The molecule has 1 rings (SSSR count). The molecule has 0 bridgehead atoms. The van der Waals surface area contributed by atoms with Crippen molar-refractivity contribution in [3.8, 4) is 0 Å². The van der Waals surface area contributed by atoms with Crippen molar-refractivity contribution in [3.63, 3.8) is 0 Å². The van der Waals surface area contributed by atoms with E-state index in [9.17, 15) is 9.59 Å². The summed E-state index contributed by atoms with van der Waals surface area (Å²) in [4.78, 5) is 21.1. The van der Waals surface area contributed by atoms with Crippen LogP contribution in [0.5, 0.6) is 0 Å². The summed E-state index contributed by atoms with van der Waals surface area (Å²) < 4.78 is 5.32. The third-order valence-corrected chi connectivity index (χ3v) is 2.08. The number of hydrogen-bond acceptors (Lipinski definition) is 3. The van der Waals surface area contributed by atoms with Gasteiger partial charge in [-0.2, -0.15) is 0 Å². The van der Waals surface area contributed by atoms with E-state index in [2.05, 4.69) is 0 Å². The van der Waals surface area contributed by atoms with Gasteiger partial charge in [0.2, 0.25) is 0 Å². The van der Waals surface area contributed by atoms with E-state index in [0.29, 0.717) is 12.9 Å². The predicted octanol–water partition coefficient (Wildman–Crippen LogP) is 1.61. The maximum atomic E-state index is 10.9. The molecule has 0 aromatic heterocycles. The number of benzene rings is 1. The van der Waals surface area contributed by atoms with Crippen molar-refractivity contribution < 1.29 is 14.3 Å². The first kappa shape index (κ1) is 11.6. The maximum absolute atomic E-state index is 10.9. The lowest BCUT2D eigenvalue weighted by atomic mass is 10.1. The molecule has 0 aliphatic carbocycles.